The molecule has 0 aliphatic heterocycles. The monoisotopic (exact) mass is 410 g/mol. The van der Waals surface area contributed by atoms with E-state index in [4.69, 9.17) is 20.4 Å². The molecule has 0 spiro atoms. The van der Waals surface area contributed by atoms with Crippen molar-refractivity contribution in [2.24, 2.45) is 5.73 Å². The molecule has 0 amide bonds. The quantitative estimate of drug-likeness (QED) is 0.719. The maximum atomic E-state index is 5.95. The molecule has 2 aliphatic rings. The molecular weight excluding hydrogens is 383 g/mol. The zero-order valence-electron chi connectivity index (χ0n) is 15.6. The van der Waals surface area contributed by atoms with Crippen molar-refractivity contribution in [3.8, 4) is 5.75 Å². The second kappa shape index (κ2) is 9.58. The van der Waals surface area contributed by atoms with E-state index in [9.17, 15) is 0 Å². The van der Waals surface area contributed by atoms with Gasteiger partial charge in [-0.15, -0.1) is 24.8 Å². The smallest absolute Gasteiger partial charge is 0.134 e. The molecule has 27 heavy (non-hydrogen) atoms. The maximum Gasteiger partial charge on any atom is 0.134 e. The number of ether oxygens (including phenoxy) is 1. The highest BCUT2D eigenvalue weighted by molar-refractivity contribution is 5.85. The minimum atomic E-state index is 0. The summed E-state index contributed by atoms with van der Waals surface area (Å²) in [7, 11) is 1.70. The average Bonchev–Trinajstić information content (AvgIpc) is 3.44. The summed E-state index contributed by atoms with van der Waals surface area (Å²) < 4.78 is 5.29. The Morgan fingerprint density at radius 2 is 1.89 bits per heavy atom. The van der Waals surface area contributed by atoms with Gasteiger partial charge in [-0.1, -0.05) is 12.1 Å². The Morgan fingerprint density at radius 1 is 1.11 bits per heavy atom. The Bertz CT molecular complexity index is 749. The molecule has 0 radical (unpaired) electrons. The van der Waals surface area contributed by atoms with Crippen LogP contribution in [0.3, 0.4) is 0 Å². The third-order valence-electron chi connectivity index (χ3n) is 5.15. The number of methoxy groups -OCH3 is 1. The lowest BCUT2D eigenvalue weighted by Crippen LogP contribution is -2.35. The first kappa shape index (κ1) is 21.7. The molecule has 1 aromatic heterocycles. The predicted molar refractivity (Wildman–Crippen MR) is 114 cm³/mol. The van der Waals surface area contributed by atoms with Gasteiger partial charge in [0.15, 0.2) is 0 Å². The summed E-state index contributed by atoms with van der Waals surface area (Å²) in [5.41, 5.74) is 8.38. The normalized spacial score (nSPS) is 20.7. The van der Waals surface area contributed by atoms with Crippen molar-refractivity contribution < 1.29 is 4.74 Å². The molecule has 1 aromatic carbocycles. The summed E-state index contributed by atoms with van der Waals surface area (Å²) in [6.45, 7) is 0.845. The summed E-state index contributed by atoms with van der Waals surface area (Å²) in [6, 6.07) is 10.7. The van der Waals surface area contributed by atoms with Gasteiger partial charge in [-0.05, 0) is 49.8 Å². The van der Waals surface area contributed by atoms with Crippen LogP contribution in [-0.4, -0.2) is 29.7 Å². The van der Waals surface area contributed by atoms with Crippen LogP contribution in [0.1, 0.15) is 54.6 Å². The van der Waals surface area contributed by atoms with Crippen molar-refractivity contribution in [2.45, 2.75) is 50.0 Å². The van der Waals surface area contributed by atoms with Crippen molar-refractivity contribution in [2.75, 3.05) is 19.0 Å². The molecule has 0 unspecified atom stereocenters. The van der Waals surface area contributed by atoms with E-state index in [0.717, 1.165) is 43.2 Å². The van der Waals surface area contributed by atoms with Crippen LogP contribution >= 0.6 is 24.8 Å². The van der Waals surface area contributed by atoms with Gasteiger partial charge in [-0.3, -0.25) is 0 Å². The molecule has 7 heteroatoms. The van der Waals surface area contributed by atoms with Crippen LogP contribution in [0.15, 0.2) is 30.3 Å². The molecule has 0 bridgehead atoms. The van der Waals surface area contributed by atoms with E-state index in [0.29, 0.717) is 17.9 Å². The molecule has 2 aliphatic carbocycles. The van der Waals surface area contributed by atoms with Gasteiger partial charge in [0.2, 0.25) is 0 Å². The summed E-state index contributed by atoms with van der Waals surface area (Å²) in [6.07, 6.45) is 5.46. The van der Waals surface area contributed by atoms with Gasteiger partial charge in [-0.2, -0.15) is 0 Å². The van der Waals surface area contributed by atoms with Crippen molar-refractivity contribution in [3.63, 3.8) is 0 Å². The third-order valence-corrected chi connectivity index (χ3v) is 5.15. The number of anilines is 1. The third kappa shape index (κ3) is 5.47. The van der Waals surface area contributed by atoms with Crippen molar-refractivity contribution in [1.29, 1.82) is 0 Å². The Balaban J connectivity index is 0.00000131. The van der Waals surface area contributed by atoms with Crippen LogP contribution in [0.2, 0.25) is 0 Å². The van der Waals surface area contributed by atoms with E-state index in [2.05, 4.69) is 23.5 Å². The molecule has 2 aromatic rings. The summed E-state index contributed by atoms with van der Waals surface area (Å²) in [5, 5.41) is 3.49. The fraction of sp³-hybridized carbons (Fsp3) is 0.500. The van der Waals surface area contributed by atoms with Gasteiger partial charge in [0.05, 0.1) is 7.11 Å². The molecule has 2 fully saturated rings. The van der Waals surface area contributed by atoms with Crippen molar-refractivity contribution >= 4 is 30.6 Å². The van der Waals surface area contributed by atoms with Crippen LogP contribution in [0.4, 0.5) is 5.82 Å². The first-order chi connectivity index (χ1) is 12.2. The van der Waals surface area contributed by atoms with E-state index in [-0.39, 0.29) is 24.8 Å². The van der Waals surface area contributed by atoms with Gasteiger partial charge in [-0.25, -0.2) is 9.97 Å². The molecule has 4 rings (SSSR count). The lowest BCUT2D eigenvalue weighted by Gasteiger charge is -2.32. The number of halogens is 2. The molecule has 3 N–H and O–H groups in total. The zero-order valence-corrected chi connectivity index (χ0v) is 17.2. The number of rotatable bonds is 7. The van der Waals surface area contributed by atoms with E-state index in [1.807, 2.05) is 12.1 Å². The highest BCUT2D eigenvalue weighted by Crippen LogP contribution is 2.41. The topological polar surface area (TPSA) is 73.1 Å². The fourth-order valence-corrected chi connectivity index (χ4v) is 3.38. The van der Waals surface area contributed by atoms with Gasteiger partial charge in [0, 0.05) is 36.2 Å². The molecule has 5 nitrogen and oxygen atoms in total. The first-order valence-electron chi connectivity index (χ1n) is 9.22. The Labute approximate surface area is 173 Å². The zero-order chi connectivity index (χ0) is 17.2. The minimum Gasteiger partial charge on any atom is -0.497 e. The van der Waals surface area contributed by atoms with Crippen LogP contribution in [0.25, 0.3) is 0 Å². The largest absolute Gasteiger partial charge is 0.497 e. The number of nitrogens with two attached hydrogens (primary N) is 1. The second-order valence-electron chi connectivity index (χ2n) is 7.27. The first-order valence-corrected chi connectivity index (χ1v) is 9.22. The number of nitrogens with zero attached hydrogens (tertiary/aromatic N) is 2. The molecule has 1 heterocycles. The average molecular weight is 411 g/mol. The van der Waals surface area contributed by atoms with Gasteiger partial charge in [0.1, 0.15) is 17.4 Å². The lowest BCUT2D eigenvalue weighted by atomic mass is 9.78. The second-order valence-corrected chi connectivity index (χ2v) is 7.27. The maximum absolute atomic E-state index is 5.95. The van der Waals surface area contributed by atoms with E-state index < -0.39 is 0 Å². The highest BCUT2D eigenvalue weighted by atomic mass is 35.5. The van der Waals surface area contributed by atoms with Crippen LogP contribution in [-0.2, 0) is 6.42 Å². The van der Waals surface area contributed by atoms with E-state index >= 15 is 0 Å². The van der Waals surface area contributed by atoms with Crippen LogP contribution < -0.4 is 15.8 Å². The summed E-state index contributed by atoms with van der Waals surface area (Å²) >= 11 is 0. The molecular formula is C20H28Cl2N4O. The number of aromatic nitrogens is 2. The summed E-state index contributed by atoms with van der Waals surface area (Å²) in [4.78, 5) is 9.56. The van der Waals surface area contributed by atoms with Crippen LogP contribution in [0.5, 0.6) is 5.75 Å². The van der Waals surface area contributed by atoms with Crippen molar-refractivity contribution in [3.05, 3.63) is 47.4 Å². The fourth-order valence-electron chi connectivity index (χ4n) is 3.38. The molecule has 0 saturated heterocycles. The molecule has 2 saturated carbocycles. The molecule has 148 valence electrons. The van der Waals surface area contributed by atoms with Crippen molar-refractivity contribution in [1.82, 2.24) is 9.97 Å². The van der Waals surface area contributed by atoms with Gasteiger partial charge >= 0.3 is 0 Å². The number of hydrogen-bond donors (Lipinski definition) is 2. The molecule has 0 atom stereocenters. The van der Waals surface area contributed by atoms with E-state index in [1.165, 1.54) is 24.1 Å². The number of hydrogen-bond acceptors (Lipinski definition) is 5. The Kier molecular flexibility index (Phi) is 7.71. The van der Waals surface area contributed by atoms with Gasteiger partial charge < -0.3 is 15.8 Å². The van der Waals surface area contributed by atoms with E-state index in [1.54, 1.807) is 7.11 Å². The predicted octanol–water partition coefficient (Wildman–Crippen LogP) is 4.07. The lowest BCUT2D eigenvalue weighted by molar-refractivity contribution is 0.344. The number of benzene rings is 1. The minimum absolute atomic E-state index is 0. The highest BCUT2D eigenvalue weighted by Gasteiger charge is 2.32. The van der Waals surface area contributed by atoms with Crippen LogP contribution in [0, 0.1) is 0 Å². The number of nitrogens with one attached hydrogen (secondary N) is 1. The summed E-state index contributed by atoms with van der Waals surface area (Å²) in [5.74, 6) is 3.94. The van der Waals surface area contributed by atoms with Gasteiger partial charge in [0.25, 0.3) is 0 Å². The SMILES string of the molecule is COc1cccc(CCNc2cc(C3CC(N)C3)nc(C3CC3)n2)c1.Cl.Cl. The Morgan fingerprint density at radius 3 is 2.56 bits per heavy atom. The standard InChI is InChI=1S/C20H26N4O.2ClH/c1-25-17-4-2-3-13(9-17)7-8-22-19-12-18(15-10-16(21)11-15)23-20(24-19)14-5-6-14;;/h2-4,9,12,14-16H,5-8,10-11,21H2,1H3,(H,22,23,24);2*1H. The Hall–Kier alpha value is -1.56.